The Morgan fingerprint density at radius 3 is 2.31 bits per heavy atom. The Morgan fingerprint density at radius 2 is 1.68 bits per heavy atom. The molecule has 4 heterocycles. The van der Waals surface area contributed by atoms with Crippen LogP contribution in [0.4, 0.5) is 0 Å². The predicted molar refractivity (Wildman–Crippen MR) is 258 cm³/mol. The molecule has 370 valence electrons. The fraction of sp³-hybridized carbons (Fsp3) is 0.604. The minimum absolute atomic E-state index is 0.0873. The number of benzene rings is 1. The number of amidine groups is 1. The molecule has 1 fully saturated rings. The molecule has 5 rings (SSSR count). The van der Waals surface area contributed by atoms with E-state index in [-0.39, 0.29) is 67.1 Å². The van der Waals surface area contributed by atoms with Gasteiger partial charge in [0.1, 0.15) is 53.0 Å². The van der Waals surface area contributed by atoms with Crippen LogP contribution in [0.1, 0.15) is 117 Å². The lowest BCUT2D eigenvalue weighted by Crippen LogP contribution is -2.64. The van der Waals surface area contributed by atoms with Gasteiger partial charge in [-0.3, -0.25) is 38.4 Å². The van der Waals surface area contributed by atoms with Crippen molar-refractivity contribution in [3.05, 3.63) is 64.4 Å². The fourth-order valence-corrected chi connectivity index (χ4v) is 8.96. The SMILES string of the molecule is CC(=O)CCCn1cc(CNC(=O)C[C@H](NC(=O)[C@H](Cc2ccccc2)NC(=O)[C@@H](NC2=NCC(=O)N3CC[C@@H](C)[C@H]3C(=O)N[C@@H](C(C)C)C(=O)N[C@H]2C(C)(C)C)C(C)(C)C)c2nccs2)nn1. The summed E-state index contributed by atoms with van der Waals surface area (Å²) in [5.41, 5.74) is -0.250. The van der Waals surface area contributed by atoms with Gasteiger partial charge in [0.25, 0.3) is 0 Å². The van der Waals surface area contributed by atoms with E-state index in [1.54, 1.807) is 22.5 Å². The topological polar surface area (TPSA) is 251 Å². The number of aliphatic imine (C=N–C) groups is 1. The summed E-state index contributed by atoms with van der Waals surface area (Å²) in [5.74, 6) is -2.82. The molecule has 20 heteroatoms. The lowest BCUT2D eigenvalue weighted by Gasteiger charge is -2.39. The number of carbonyl (C=O) groups is 7. The molecule has 68 heavy (non-hydrogen) atoms. The van der Waals surface area contributed by atoms with Crippen molar-refractivity contribution in [2.45, 2.75) is 151 Å². The third kappa shape index (κ3) is 14.7. The van der Waals surface area contributed by atoms with E-state index in [0.29, 0.717) is 43.1 Å². The molecule has 0 radical (unpaired) electrons. The van der Waals surface area contributed by atoms with Crippen molar-refractivity contribution in [2.75, 3.05) is 13.1 Å². The quantitative estimate of drug-likeness (QED) is 0.115. The van der Waals surface area contributed by atoms with Crippen molar-refractivity contribution in [3.8, 4) is 0 Å². The van der Waals surface area contributed by atoms with E-state index in [1.165, 1.54) is 23.2 Å². The Bertz CT molecular complexity index is 2270. The molecular formula is C48H70N12O7S. The number of nitrogens with one attached hydrogen (secondary N) is 6. The van der Waals surface area contributed by atoms with Crippen molar-refractivity contribution in [1.29, 1.82) is 0 Å². The van der Waals surface area contributed by atoms with Gasteiger partial charge in [-0.2, -0.15) is 0 Å². The second kappa shape index (κ2) is 23.3. The number of thiazole rings is 1. The van der Waals surface area contributed by atoms with Gasteiger partial charge in [-0.15, -0.1) is 16.4 Å². The highest BCUT2D eigenvalue weighted by Gasteiger charge is 2.44. The molecular weight excluding hydrogens is 889 g/mol. The second-order valence-electron chi connectivity index (χ2n) is 20.4. The molecule has 2 aliphatic rings. The number of hydrogen-bond donors (Lipinski definition) is 6. The predicted octanol–water partition coefficient (Wildman–Crippen LogP) is 3.02. The van der Waals surface area contributed by atoms with Crippen LogP contribution in [-0.2, 0) is 53.1 Å². The molecule has 6 amide bonds. The zero-order valence-corrected chi connectivity index (χ0v) is 41.9. The van der Waals surface area contributed by atoms with E-state index in [1.807, 2.05) is 92.6 Å². The van der Waals surface area contributed by atoms with E-state index in [4.69, 9.17) is 4.99 Å². The summed E-state index contributed by atoms with van der Waals surface area (Å²) in [6.07, 6.45) is 4.88. The number of carbonyl (C=O) groups excluding carboxylic acids is 7. The lowest BCUT2D eigenvalue weighted by molar-refractivity contribution is -0.140. The monoisotopic (exact) mass is 959 g/mol. The second-order valence-corrected chi connectivity index (χ2v) is 21.3. The van der Waals surface area contributed by atoms with Crippen LogP contribution < -0.4 is 31.9 Å². The number of rotatable bonds is 17. The van der Waals surface area contributed by atoms with Crippen molar-refractivity contribution < 1.29 is 33.6 Å². The molecule has 1 aromatic carbocycles. The van der Waals surface area contributed by atoms with Gasteiger partial charge in [-0.1, -0.05) is 97.9 Å². The zero-order valence-electron chi connectivity index (χ0n) is 41.1. The highest BCUT2D eigenvalue weighted by Crippen LogP contribution is 2.28. The Hall–Kier alpha value is -6.05. The minimum atomic E-state index is -1.14. The average Bonchev–Trinajstić information content (AvgIpc) is 4.05. The van der Waals surface area contributed by atoms with E-state index >= 15 is 0 Å². The molecule has 0 spiro atoms. The number of fused-ring (bicyclic) bond motifs is 1. The van der Waals surface area contributed by atoms with Crippen LogP contribution >= 0.6 is 11.3 Å². The number of aryl methyl sites for hydroxylation is 1. The van der Waals surface area contributed by atoms with Gasteiger partial charge in [0, 0.05) is 37.5 Å². The first-order chi connectivity index (χ1) is 32.0. The summed E-state index contributed by atoms with van der Waals surface area (Å²) in [6.45, 7) is 19.0. The lowest BCUT2D eigenvalue weighted by atomic mass is 9.82. The van der Waals surface area contributed by atoms with Crippen LogP contribution in [0, 0.1) is 22.7 Å². The number of ketones is 1. The largest absolute Gasteiger partial charge is 0.360 e. The maximum atomic E-state index is 14.9. The number of aromatic nitrogens is 4. The summed E-state index contributed by atoms with van der Waals surface area (Å²) in [7, 11) is 0. The first-order valence-electron chi connectivity index (χ1n) is 23.4. The van der Waals surface area contributed by atoms with Gasteiger partial charge >= 0.3 is 0 Å². The van der Waals surface area contributed by atoms with E-state index in [0.717, 1.165) is 5.56 Å². The maximum Gasteiger partial charge on any atom is 0.244 e. The van der Waals surface area contributed by atoms with Crippen LogP contribution in [0.2, 0.25) is 0 Å². The Balaban J connectivity index is 1.41. The molecule has 3 aromatic rings. The Morgan fingerprint density at radius 1 is 0.956 bits per heavy atom. The maximum absolute atomic E-state index is 14.9. The molecule has 0 unspecified atom stereocenters. The van der Waals surface area contributed by atoms with Gasteiger partial charge in [0.05, 0.1) is 31.2 Å². The normalized spacial score (nSPS) is 20.7. The van der Waals surface area contributed by atoms with E-state index in [2.05, 4.69) is 47.2 Å². The molecule has 2 aromatic heterocycles. The van der Waals surface area contributed by atoms with Crippen LogP contribution in [0.5, 0.6) is 0 Å². The molecule has 7 atom stereocenters. The van der Waals surface area contributed by atoms with E-state index in [9.17, 15) is 33.6 Å². The fourth-order valence-electron chi connectivity index (χ4n) is 8.27. The first-order valence-corrected chi connectivity index (χ1v) is 24.3. The molecule has 0 saturated carbocycles. The van der Waals surface area contributed by atoms with Gasteiger partial charge < -0.3 is 41.6 Å². The number of nitrogens with zero attached hydrogens (tertiary/aromatic N) is 6. The highest BCUT2D eigenvalue weighted by atomic mass is 32.1. The van der Waals surface area contributed by atoms with Gasteiger partial charge in [-0.05, 0) is 48.0 Å². The summed E-state index contributed by atoms with van der Waals surface area (Å²) < 4.78 is 1.62. The molecule has 1 saturated heterocycles. The standard InChI is InChI=1S/C48H70N12O7S/c1-28(2)37-43(65)56-39(47(5,6)7)41(51-26-36(63)60-21-18-29(3)38(60)44(66)54-37)55-40(48(8,9)10)45(67)52-33(23-31-16-12-11-13-17-31)42(64)53-34(46-49-19-22-68-46)24-35(62)50-25-32-27-59(58-57-32)20-14-15-30(4)61/h11-13,16-17,19,22,27-29,33-34,37-40H,14-15,18,20-21,23-26H2,1-10H3,(H,50,62)(H,51,55)(H,52,67)(H,53,64)(H,54,66)(H,56,65)/t29-,33+,34+,37+,38+,39-,40-/m1/s1. The summed E-state index contributed by atoms with van der Waals surface area (Å²) in [4.78, 5) is 107. The van der Waals surface area contributed by atoms with Crippen molar-refractivity contribution in [1.82, 2.24) is 56.8 Å². The summed E-state index contributed by atoms with van der Waals surface area (Å²) in [5, 5.41) is 28.7. The van der Waals surface area contributed by atoms with Crippen molar-refractivity contribution in [2.24, 2.45) is 27.7 Å². The van der Waals surface area contributed by atoms with Crippen LogP contribution in [0.15, 0.2) is 53.1 Å². The minimum Gasteiger partial charge on any atom is -0.360 e. The number of amides is 6. The highest BCUT2D eigenvalue weighted by molar-refractivity contribution is 7.09. The first kappa shape index (κ1) is 52.9. The van der Waals surface area contributed by atoms with Crippen LogP contribution in [-0.4, -0.2) is 115 Å². The number of hydrogen-bond acceptors (Lipinski definition) is 13. The molecule has 2 aliphatic heterocycles. The molecule has 0 aliphatic carbocycles. The van der Waals surface area contributed by atoms with E-state index < -0.39 is 64.8 Å². The Kier molecular flexibility index (Phi) is 18.1. The third-order valence-electron chi connectivity index (χ3n) is 12.1. The van der Waals surface area contributed by atoms with Crippen LogP contribution in [0.3, 0.4) is 0 Å². The van der Waals surface area contributed by atoms with Gasteiger partial charge in [0.2, 0.25) is 35.4 Å². The van der Waals surface area contributed by atoms with Gasteiger partial charge in [-0.25, -0.2) is 4.98 Å². The van der Waals surface area contributed by atoms with Crippen LogP contribution in [0.25, 0.3) is 0 Å². The Labute approximate surface area is 403 Å². The smallest absolute Gasteiger partial charge is 0.244 e. The average molecular weight is 959 g/mol. The van der Waals surface area contributed by atoms with Gasteiger partial charge in [0.15, 0.2) is 0 Å². The summed E-state index contributed by atoms with van der Waals surface area (Å²) in [6, 6.07) is 3.62. The molecule has 6 N–H and O–H groups in total. The zero-order chi connectivity index (χ0) is 49.9. The van der Waals surface area contributed by atoms with Crippen molar-refractivity contribution >= 4 is 58.4 Å². The summed E-state index contributed by atoms with van der Waals surface area (Å²) >= 11 is 1.27. The third-order valence-corrected chi connectivity index (χ3v) is 13.0. The molecule has 0 bridgehead atoms. The van der Waals surface area contributed by atoms with Crippen molar-refractivity contribution in [3.63, 3.8) is 0 Å². The molecule has 19 nitrogen and oxygen atoms in total. The number of Topliss-reactive ketones (excluding diaryl/α,β-unsaturated/α-hetero) is 1.